The van der Waals surface area contributed by atoms with E-state index in [4.69, 9.17) is 5.73 Å². The van der Waals surface area contributed by atoms with Crippen molar-refractivity contribution in [2.24, 2.45) is 11.1 Å². The van der Waals surface area contributed by atoms with Crippen LogP contribution in [0.15, 0.2) is 0 Å². The molecule has 2 unspecified atom stereocenters. The van der Waals surface area contributed by atoms with Crippen LogP contribution in [0.5, 0.6) is 0 Å². The fraction of sp³-hybridized carbons (Fsp3) is 1.00. The molecule has 0 fully saturated rings. The van der Waals surface area contributed by atoms with Crippen molar-refractivity contribution in [3.8, 4) is 0 Å². The summed E-state index contributed by atoms with van der Waals surface area (Å²) in [5.41, 5.74) is 6.46. The highest BCUT2D eigenvalue weighted by Crippen LogP contribution is 2.26. The first-order chi connectivity index (χ1) is 6.34. The molecule has 0 aromatic carbocycles. The number of hydrogen-bond acceptors (Lipinski definition) is 2. The predicted molar refractivity (Wildman–Crippen MR) is 64.4 cm³/mol. The Hall–Kier alpha value is -0.0800. The third-order valence-corrected chi connectivity index (χ3v) is 2.82. The van der Waals surface area contributed by atoms with E-state index in [0.717, 1.165) is 13.0 Å². The van der Waals surface area contributed by atoms with Crippen molar-refractivity contribution in [1.82, 2.24) is 4.90 Å². The third-order valence-electron chi connectivity index (χ3n) is 2.82. The van der Waals surface area contributed by atoms with Crippen LogP contribution in [0.1, 0.15) is 47.5 Å². The summed E-state index contributed by atoms with van der Waals surface area (Å²) < 4.78 is 0. The zero-order valence-electron chi connectivity index (χ0n) is 10.8. The van der Waals surface area contributed by atoms with Gasteiger partial charge in [0.25, 0.3) is 0 Å². The molecule has 0 aromatic heterocycles. The Balaban J connectivity index is 4.55. The summed E-state index contributed by atoms with van der Waals surface area (Å²) >= 11 is 0. The number of likely N-dealkylation sites (N-methyl/N-ethyl adjacent to an activating group) is 1. The molecule has 0 aliphatic rings. The fourth-order valence-electron chi connectivity index (χ4n) is 2.35. The monoisotopic (exact) mass is 200 g/mol. The standard InChI is InChI=1S/C12H28N2/c1-7-9-14(6)11(10(13)8-2)12(3,4)5/h10-11H,7-9,13H2,1-6H3. The highest BCUT2D eigenvalue weighted by molar-refractivity contribution is 4.89. The molecular formula is C12H28N2. The Morgan fingerprint density at radius 3 is 2.00 bits per heavy atom. The second-order valence-corrected chi connectivity index (χ2v) is 5.36. The largest absolute Gasteiger partial charge is 0.326 e. The summed E-state index contributed by atoms with van der Waals surface area (Å²) in [5.74, 6) is 0. The zero-order chi connectivity index (χ0) is 11.4. The fourth-order valence-corrected chi connectivity index (χ4v) is 2.35. The first-order valence-electron chi connectivity index (χ1n) is 5.80. The molecule has 14 heavy (non-hydrogen) atoms. The van der Waals surface area contributed by atoms with Crippen molar-refractivity contribution >= 4 is 0 Å². The van der Waals surface area contributed by atoms with Gasteiger partial charge in [0.1, 0.15) is 0 Å². The van der Waals surface area contributed by atoms with Gasteiger partial charge in [0.2, 0.25) is 0 Å². The van der Waals surface area contributed by atoms with E-state index in [2.05, 4.69) is 46.6 Å². The van der Waals surface area contributed by atoms with E-state index in [1.54, 1.807) is 0 Å². The summed E-state index contributed by atoms with van der Waals surface area (Å²) in [7, 11) is 2.19. The van der Waals surface area contributed by atoms with Crippen LogP contribution in [0, 0.1) is 5.41 Å². The molecule has 86 valence electrons. The molecule has 2 atom stereocenters. The summed E-state index contributed by atoms with van der Waals surface area (Å²) in [4.78, 5) is 2.41. The summed E-state index contributed by atoms with van der Waals surface area (Å²) in [5, 5.41) is 0. The van der Waals surface area contributed by atoms with Crippen molar-refractivity contribution in [2.45, 2.75) is 59.5 Å². The number of nitrogens with two attached hydrogens (primary N) is 1. The van der Waals surface area contributed by atoms with E-state index < -0.39 is 0 Å². The predicted octanol–water partition coefficient (Wildman–Crippen LogP) is 2.48. The second-order valence-electron chi connectivity index (χ2n) is 5.36. The van der Waals surface area contributed by atoms with Crippen molar-refractivity contribution in [2.75, 3.05) is 13.6 Å². The van der Waals surface area contributed by atoms with E-state index in [1.165, 1.54) is 6.42 Å². The molecule has 0 bridgehead atoms. The van der Waals surface area contributed by atoms with E-state index in [-0.39, 0.29) is 11.5 Å². The van der Waals surface area contributed by atoms with E-state index in [9.17, 15) is 0 Å². The van der Waals surface area contributed by atoms with Gasteiger partial charge in [-0.2, -0.15) is 0 Å². The van der Waals surface area contributed by atoms with Gasteiger partial charge >= 0.3 is 0 Å². The maximum Gasteiger partial charge on any atom is 0.0292 e. The molecule has 0 heterocycles. The molecule has 0 saturated carbocycles. The van der Waals surface area contributed by atoms with Crippen LogP contribution in [0.3, 0.4) is 0 Å². The minimum atomic E-state index is 0.263. The number of nitrogens with zero attached hydrogens (tertiary/aromatic N) is 1. The molecule has 0 aromatic rings. The average Bonchev–Trinajstić information content (AvgIpc) is 2.02. The van der Waals surface area contributed by atoms with Gasteiger partial charge in [-0.3, -0.25) is 0 Å². The van der Waals surface area contributed by atoms with Gasteiger partial charge in [0.15, 0.2) is 0 Å². The molecular weight excluding hydrogens is 172 g/mol. The normalized spacial score (nSPS) is 17.1. The lowest BCUT2D eigenvalue weighted by atomic mass is 9.80. The number of rotatable bonds is 5. The van der Waals surface area contributed by atoms with Crippen LogP contribution in [0.2, 0.25) is 0 Å². The third kappa shape index (κ3) is 3.97. The number of hydrogen-bond donors (Lipinski definition) is 1. The molecule has 2 heteroatoms. The lowest BCUT2D eigenvalue weighted by Crippen LogP contribution is -2.53. The summed E-state index contributed by atoms with van der Waals surface area (Å²) in [6.07, 6.45) is 2.25. The van der Waals surface area contributed by atoms with Gasteiger partial charge in [-0.1, -0.05) is 34.6 Å². The Morgan fingerprint density at radius 2 is 1.71 bits per heavy atom. The molecule has 0 aliphatic carbocycles. The Labute approximate surface area is 89.9 Å². The average molecular weight is 200 g/mol. The Morgan fingerprint density at radius 1 is 1.21 bits per heavy atom. The molecule has 0 spiro atoms. The highest BCUT2D eigenvalue weighted by atomic mass is 15.2. The SMILES string of the molecule is CCCN(C)C(C(N)CC)C(C)(C)C. The topological polar surface area (TPSA) is 29.3 Å². The van der Waals surface area contributed by atoms with E-state index in [0.29, 0.717) is 6.04 Å². The van der Waals surface area contributed by atoms with Crippen molar-refractivity contribution < 1.29 is 0 Å². The first-order valence-corrected chi connectivity index (χ1v) is 5.80. The molecule has 2 N–H and O–H groups in total. The minimum Gasteiger partial charge on any atom is -0.326 e. The molecule has 0 amide bonds. The van der Waals surface area contributed by atoms with Gasteiger partial charge in [-0.05, 0) is 31.8 Å². The first kappa shape index (κ1) is 13.9. The Bertz CT molecular complexity index is 149. The summed E-state index contributed by atoms with van der Waals surface area (Å²) in [6, 6.07) is 0.763. The molecule has 0 radical (unpaired) electrons. The maximum absolute atomic E-state index is 6.19. The highest BCUT2D eigenvalue weighted by Gasteiger charge is 2.31. The van der Waals surface area contributed by atoms with Crippen molar-refractivity contribution in [3.05, 3.63) is 0 Å². The summed E-state index contributed by atoms with van der Waals surface area (Å²) in [6.45, 7) is 12.4. The second kappa shape index (κ2) is 5.72. The van der Waals surface area contributed by atoms with Gasteiger partial charge in [0.05, 0.1) is 0 Å². The maximum atomic E-state index is 6.19. The molecule has 2 nitrogen and oxygen atoms in total. The van der Waals surface area contributed by atoms with Crippen LogP contribution in [0.4, 0.5) is 0 Å². The van der Waals surface area contributed by atoms with Crippen molar-refractivity contribution in [1.29, 1.82) is 0 Å². The van der Waals surface area contributed by atoms with Crippen LogP contribution in [-0.4, -0.2) is 30.6 Å². The van der Waals surface area contributed by atoms with Gasteiger partial charge in [0, 0.05) is 12.1 Å². The van der Waals surface area contributed by atoms with Crippen LogP contribution in [-0.2, 0) is 0 Å². The van der Waals surface area contributed by atoms with E-state index in [1.807, 2.05) is 0 Å². The van der Waals surface area contributed by atoms with Crippen LogP contribution >= 0.6 is 0 Å². The lowest BCUT2D eigenvalue weighted by Gasteiger charge is -2.41. The quantitative estimate of drug-likeness (QED) is 0.739. The Kier molecular flexibility index (Phi) is 5.68. The van der Waals surface area contributed by atoms with Crippen LogP contribution in [0.25, 0.3) is 0 Å². The molecule has 0 saturated heterocycles. The molecule has 0 rings (SSSR count). The zero-order valence-corrected chi connectivity index (χ0v) is 10.8. The minimum absolute atomic E-state index is 0.263. The van der Waals surface area contributed by atoms with Gasteiger partial charge < -0.3 is 10.6 Å². The smallest absolute Gasteiger partial charge is 0.0292 e. The van der Waals surface area contributed by atoms with Crippen LogP contribution < -0.4 is 5.73 Å². The van der Waals surface area contributed by atoms with Gasteiger partial charge in [-0.15, -0.1) is 0 Å². The van der Waals surface area contributed by atoms with Gasteiger partial charge in [-0.25, -0.2) is 0 Å². The van der Waals surface area contributed by atoms with E-state index >= 15 is 0 Å². The lowest BCUT2D eigenvalue weighted by molar-refractivity contribution is 0.1000. The van der Waals surface area contributed by atoms with Crippen molar-refractivity contribution in [3.63, 3.8) is 0 Å². The molecule has 0 aliphatic heterocycles.